The van der Waals surface area contributed by atoms with Crippen molar-refractivity contribution in [2.75, 3.05) is 44.2 Å². The van der Waals surface area contributed by atoms with Gasteiger partial charge in [0.15, 0.2) is 0 Å². The molecule has 1 saturated heterocycles. The Morgan fingerprint density at radius 1 is 1.26 bits per heavy atom. The van der Waals surface area contributed by atoms with E-state index in [0.29, 0.717) is 25.4 Å². The Labute approximate surface area is 183 Å². The lowest BCUT2D eigenvalue weighted by Gasteiger charge is -2.37. The van der Waals surface area contributed by atoms with Gasteiger partial charge in [0.05, 0.1) is 20.8 Å². The summed E-state index contributed by atoms with van der Waals surface area (Å²) in [7, 11) is 0. The number of nitrogens with two attached hydrogens (primary N) is 1. The molecule has 0 bridgehead atoms. The van der Waals surface area contributed by atoms with Crippen molar-refractivity contribution in [2.24, 2.45) is 5.73 Å². The van der Waals surface area contributed by atoms with Gasteiger partial charge in [-0.1, -0.05) is 0 Å². The number of β-amino-alcohol motifs (C(OH)–C–C–N with tert-alkyl or cyclic N) is 1. The normalized spacial score (nSPS) is 15.9. The second-order valence-corrected chi connectivity index (χ2v) is 8.88. The number of amides is 1. The summed E-state index contributed by atoms with van der Waals surface area (Å²) in [5, 5.41) is 11.4. The van der Waals surface area contributed by atoms with E-state index in [9.17, 15) is 14.3 Å². The number of benzene rings is 2. The molecular formula is C22H25FN4O3S. The Kier molecular flexibility index (Phi) is 6.35. The molecule has 164 valence electrons. The maximum Gasteiger partial charge on any atom is 0.251 e. The van der Waals surface area contributed by atoms with Crippen LogP contribution in [0, 0.1) is 12.7 Å². The van der Waals surface area contributed by atoms with Crippen LogP contribution >= 0.6 is 11.3 Å². The van der Waals surface area contributed by atoms with Crippen LogP contribution in [0.15, 0.2) is 36.4 Å². The van der Waals surface area contributed by atoms with E-state index in [-0.39, 0.29) is 12.2 Å². The fraction of sp³-hybridized carbons (Fsp3) is 0.364. The first kappa shape index (κ1) is 21.5. The van der Waals surface area contributed by atoms with Crippen LogP contribution in [0.1, 0.15) is 15.4 Å². The topological polar surface area (TPSA) is 91.9 Å². The molecule has 1 fully saturated rings. The van der Waals surface area contributed by atoms with Crippen molar-refractivity contribution in [1.29, 1.82) is 0 Å². The number of piperazine rings is 1. The third-order valence-electron chi connectivity index (χ3n) is 5.33. The molecule has 1 unspecified atom stereocenters. The number of aromatic nitrogens is 1. The number of aliphatic hydroxyl groups is 1. The largest absolute Gasteiger partial charge is 0.491 e. The number of hydrogen-bond acceptors (Lipinski definition) is 7. The highest BCUT2D eigenvalue weighted by Gasteiger charge is 2.21. The molecule has 31 heavy (non-hydrogen) atoms. The average Bonchev–Trinajstić information content (AvgIpc) is 3.11. The lowest BCUT2D eigenvalue weighted by Crippen LogP contribution is -2.49. The Balaban J connectivity index is 1.25. The molecule has 1 atom stereocenters. The van der Waals surface area contributed by atoms with Gasteiger partial charge in [0, 0.05) is 44.5 Å². The zero-order valence-corrected chi connectivity index (χ0v) is 18.1. The first-order chi connectivity index (χ1) is 14.9. The van der Waals surface area contributed by atoms with E-state index in [4.69, 9.17) is 10.5 Å². The van der Waals surface area contributed by atoms with Crippen molar-refractivity contribution in [3.8, 4) is 5.75 Å². The van der Waals surface area contributed by atoms with Crippen molar-refractivity contribution in [3.05, 3.63) is 52.8 Å². The fourth-order valence-corrected chi connectivity index (χ4v) is 4.55. The van der Waals surface area contributed by atoms with Gasteiger partial charge < -0.3 is 20.5 Å². The summed E-state index contributed by atoms with van der Waals surface area (Å²) in [6.07, 6.45) is -0.619. The van der Waals surface area contributed by atoms with E-state index in [0.717, 1.165) is 34.0 Å². The Morgan fingerprint density at radius 2 is 2.03 bits per heavy atom. The van der Waals surface area contributed by atoms with E-state index < -0.39 is 17.8 Å². The van der Waals surface area contributed by atoms with E-state index in [1.54, 1.807) is 17.4 Å². The molecule has 2 aromatic carbocycles. The van der Waals surface area contributed by atoms with E-state index in [2.05, 4.69) is 14.8 Å². The number of thiazole rings is 1. The van der Waals surface area contributed by atoms with Gasteiger partial charge in [-0.2, -0.15) is 0 Å². The van der Waals surface area contributed by atoms with E-state index in [1.807, 2.05) is 25.1 Å². The van der Waals surface area contributed by atoms with Gasteiger partial charge in [0.25, 0.3) is 5.91 Å². The second kappa shape index (κ2) is 9.17. The number of ether oxygens (including phenoxy) is 1. The SMILES string of the molecule is Cc1nc2cc(OCC(O)CN3CCN(c4ccc(C(N)=O)c(F)c4)CC3)ccc2s1. The summed E-state index contributed by atoms with van der Waals surface area (Å²) >= 11 is 1.64. The first-order valence-electron chi connectivity index (χ1n) is 10.1. The Bertz CT molecular complexity index is 1080. The molecule has 0 aliphatic carbocycles. The quantitative estimate of drug-likeness (QED) is 0.582. The number of primary amides is 1. The number of anilines is 1. The molecule has 3 aromatic rings. The van der Waals surface area contributed by atoms with Gasteiger partial charge in [-0.05, 0) is 37.3 Å². The second-order valence-electron chi connectivity index (χ2n) is 7.64. The lowest BCUT2D eigenvalue weighted by molar-refractivity contribution is 0.0663. The third-order valence-corrected chi connectivity index (χ3v) is 6.28. The number of hydrogen-bond donors (Lipinski definition) is 2. The predicted molar refractivity (Wildman–Crippen MR) is 119 cm³/mol. The average molecular weight is 445 g/mol. The summed E-state index contributed by atoms with van der Waals surface area (Å²) in [5.41, 5.74) is 6.69. The summed E-state index contributed by atoms with van der Waals surface area (Å²) < 4.78 is 20.9. The lowest BCUT2D eigenvalue weighted by atomic mass is 10.1. The number of fused-ring (bicyclic) bond motifs is 1. The van der Waals surface area contributed by atoms with Crippen molar-refractivity contribution in [2.45, 2.75) is 13.0 Å². The zero-order chi connectivity index (χ0) is 22.0. The van der Waals surface area contributed by atoms with Gasteiger partial charge in [0.2, 0.25) is 0 Å². The maximum absolute atomic E-state index is 14.0. The van der Waals surface area contributed by atoms with Crippen molar-refractivity contribution < 1.29 is 19.0 Å². The number of carbonyl (C=O) groups excluding carboxylic acids is 1. The van der Waals surface area contributed by atoms with Crippen LogP contribution in [0.4, 0.5) is 10.1 Å². The van der Waals surface area contributed by atoms with Gasteiger partial charge in [-0.15, -0.1) is 11.3 Å². The highest BCUT2D eigenvalue weighted by Crippen LogP contribution is 2.25. The number of halogens is 1. The first-order valence-corrected chi connectivity index (χ1v) is 11.0. The van der Waals surface area contributed by atoms with Crippen LogP contribution in [0.5, 0.6) is 5.75 Å². The zero-order valence-electron chi connectivity index (χ0n) is 17.3. The molecule has 9 heteroatoms. The molecule has 3 N–H and O–H groups in total. The van der Waals surface area contributed by atoms with Crippen LogP contribution < -0.4 is 15.4 Å². The predicted octanol–water partition coefficient (Wildman–Crippen LogP) is 2.40. The van der Waals surface area contributed by atoms with Gasteiger partial charge in [0.1, 0.15) is 24.3 Å². The van der Waals surface area contributed by atoms with Crippen LogP contribution in [0.2, 0.25) is 0 Å². The number of carbonyl (C=O) groups is 1. The van der Waals surface area contributed by atoms with E-state index >= 15 is 0 Å². The minimum Gasteiger partial charge on any atom is -0.491 e. The van der Waals surface area contributed by atoms with Gasteiger partial charge >= 0.3 is 0 Å². The summed E-state index contributed by atoms with van der Waals surface area (Å²) in [4.78, 5) is 19.9. The minimum absolute atomic E-state index is 0.102. The Morgan fingerprint density at radius 3 is 2.74 bits per heavy atom. The molecule has 7 nitrogen and oxygen atoms in total. The monoisotopic (exact) mass is 444 g/mol. The molecule has 1 amide bonds. The Hall–Kier alpha value is -2.75. The molecule has 4 rings (SSSR count). The molecule has 0 saturated carbocycles. The van der Waals surface area contributed by atoms with Crippen molar-refractivity contribution in [1.82, 2.24) is 9.88 Å². The van der Waals surface area contributed by atoms with Crippen molar-refractivity contribution >= 4 is 33.1 Å². The van der Waals surface area contributed by atoms with Gasteiger partial charge in [-0.3, -0.25) is 9.69 Å². The number of aliphatic hydroxyl groups excluding tert-OH is 1. The van der Waals surface area contributed by atoms with Crippen LogP contribution in [-0.4, -0.2) is 66.3 Å². The van der Waals surface area contributed by atoms with Crippen LogP contribution in [-0.2, 0) is 0 Å². The molecular weight excluding hydrogens is 419 g/mol. The standard InChI is InChI=1S/C22H25FN4O3S/c1-14-25-20-11-17(3-5-21(20)31-14)30-13-16(28)12-26-6-8-27(9-7-26)15-2-4-18(22(24)29)19(23)10-15/h2-5,10-11,16,28H,6-9,12-13H2,1H3,(H2,24,29). The van der Waals surface area contributed by atoms with Crippen LogP contribution in [0.3, 0.4) is 0 Å². The van der Waals surface area contributed by atoms with Gasteiger partial charge in [-0.25, -0.2) is 9.37 Å². The van der Waals surface area contributed by atoms with E-state index in [1.165, 1.54) is 12.1 Å². The molecule has 1 aromatic heterocycles. The fourth-order valence-electron chi connectivity index (χ4n) is 3.74. The summed E-state index contributed by atoms with van der Waals surface area (Å²) in [6.45, 7) is 5.54. The summed E-state index contributed by atoms with van der Waals surface area (Å²) in [6, 6.07) is 10.3. The van der Waals surface area contributed by atoms with Crippen molar-refractivity contribution in [3.63, 3.8) is 0 Å². The maximum atomic E-state index is 14.0. The molecule has 2 heterocycles. The molecule has 0 spiro atoms. The minimum atomic E-state index is -0.772. The highest BCUT2D eigenvalue weighted by atomic mass is 32.1. The molecule has 1 aliphatic heterocycles. The molecule has 0 radical (unpaired) electrons. The smallest absolute Gasteiger partial charge is 0.251 e. The summed E-state index contributed by atoms with van der Waals surface area (Å²) in [5.74, 6) is -0.680. The number of nitrogens with zero attached hydrogens (tertiary/aromatic N) is 3. The number of rotatable bonds is 7. The number of aryl methyl sites for hydroxylation is 1. The molecule has 1 aliphatic rings. The third kappa shape index (κ3) is 5.12. The highest BCUT2D eigenvalue weighted by molar-refractivity contribution is 7.18. The van der Waals surface area contributed by atoms with Crippen LogP contribution in [0.25, 0.3) is 10.2 Å².